The molecule has 0 saturated carbocycles. The first-order valence-corrected chi connectivity index (χ1v) is 8.64. The number of nitrogens with zero attached hydrogens (tertiary/aromatic N) is 4. The molecule has 0 atom stereocenters. The largest absolute Gasteiger partial charge is 0.508 e. The van der Waals surface area contributed by atoms with E-state index in [0.29, 0.717) is 11.3 Å². The summed E-state index contributed by atoms with van der Waals surface area (Å²) < 4.78 is 1.03. The highest BCUT2D eigenvalue weighted by atomic mass is 16.3. The third kappa shape index (κ3) is 4.20. The highest BCUT2D eigenvalue weighted by Crippen LogP contribution is 2.12. The Labute approximate surface area is 166 Å². The summed E-state index contributed by atoms with van der Waals surface area (Å²) in [6.07, 6.45) is 1.36. The van der Waals surface area contributed by atoms with Gasteiger partial charge in [0.1, 0.15) is 17.4 Å². The molecule has 0 aliphatic heterocycles. The molecule has 0 aliphatic carbocycles. The van der Waals surface area contributed by atoms with Gasteiger partial charge in [-0.2, -0.15) is 20.1 Å². The average Bonchev–Trinajstić information content (AvgIpc) is 2.69. The van der Waals surface area contributed by atoms with Gasteiger partial charge in [-0.15, -0.1) is 0 Å². The number of carbonyl (C=O) groups excluding carboxylic acids is 1. The Balaban J connectivity index is 1.96. The van der Waals surface area contributed by atoms with Crippen LogP contribution >= 0.6 is 0 Å². The molecule has 0 spiro atoms. The van der Waals surface area contributed by atoms with E-state index in [2.05, 4.69) is 15.6 Å². The van der Waals surface area contributed by atoms with E-state index in [1.807, 2.05) is 13.0 Å². The van der Waals surface area contributed by atoms with Crippen LogP contribution in [0.25, 0.3) is 5.69 Å². The molecule has 2 N–H and O–H groups in total. The van der Waals surface area contributed by atoms with Crippen molar-refractivity contribution in [2.24, 2.45) is 5.10 Å². The second-order valence-corrected chi connectivity index (χ2v) is 6.31. The van der Waals surface area contributed by atoms with E-state index in [1.165, 1.54) is 25.3 Å². The molecule has 0 saturated heterocycles. The highest BCUT2D eigenvalue weighted by molar-refractivity contribution is 5.94. The van der Waals surface area contributed by atoms with Crippen LogP contribution in [0.5, 0.6) is 5.75 Å². The Hall–Kier alpha value is -4.25. The molecule has 29 heavy (non-hydrogen) atoms. The Morgan fingerprint density at radius 1 is 1.24 bits per heavy atom. The molecule has 0 radical (unpaired) electrons. The van der Waals surface area contributed by atoms with Gasteiger partial charge in [0.05, 0.1) is 11.9 Å². The summed E-state index contributed by atoms with van der Waals surface area (Å²) in [6, 6.07) is 15.1. The zero-order valence-electron chi connectivity index (χ0n) is 15.7. The molecular weight excluding hydrogens is 370 g/mol. The number of amides is 1. The Morgan fingerprint density at radius 3 is 2.62 bits per heavy atom. The maximum atomic E-state index is 12.6. The van der Waals surface area contributed by atoms with Crippen molar-refractivity contribution in [3.8, 4) is 17.5 Å². The van der Waals surface area contributed by atoms with Crippen LogP contribution in [0.2, 0.25) is 0 Å². The molecule has 0 fully saturated rings. The summed E-state index contributed by atoms with van der Waals surface area (Å²) in [6.45, 7) is 3.39. The van der Waals surface area contributed by atoms with Crippen molar-refractivity contribution in [3.63, 3.8) is 0 Å². The number of benzene rings is 2. The summed E-state index contributed by atoms with van der Waals surface area (Å²) in [5.74, 6) is -0.599. The van der Waals surface area contributed by atoms with Crippen molar-refractivity contribution in [2.75, 3.05) is 0 Å². The Bertz CT molecular complexity index is 1200. The van der Waals surface area contributed by atoms with Crippen LogP contribution in [-0.2, 0) is 0 Å². The van der Waals surface area contributed by atoms with Crippen molar-refractivity contribution in [3.05, 3.63) is 86.8 Å². The first-order chi connectivity index (χ1) is 13.9. The van der Waals surface area contributed by atoms with Gasteiger partial charge in [-0.25, -0.2) is 5.43 Å². The number of phenols is 1. The fraction of sp³-hybridized carbons (Fsp3) is 0.0952. The number of hydrazone groups is 1. The molecule has 1 aromatic heterocycles. The molecule has 8 nitrogen and oxygen atoms in total. The summed E-state index contributed by atoms with van der Waals surface area (Å²) in [7, 11) is 0. The van der Waals surface area contributed by atoms with Crippen LogP contribution in [0.4, 0.5) is 0 Å². The third-order valence-electron chi connectivity index (χ3n) is 4.19. The smallest absolute Gasteiger partial charge is 0.292 e. The van der Waals surface area contributed by atoms with E-state index in [4.69, 9.17) is 0 Å². The lowest BCUT2D eigenvalue weighted by atomic mass is 10.1. The Kier molecular flexibility index (Phi) is 5.51. The number of hydrogen-bond acceptors (Lipinski definition) is 6. The number of aromatic nitrogens is 2. The maximum absolute atomic E-state index is 12.6. The molecule has 0 aliphatic rings. The van der Waals surface area contributed by atoms with Crippen LogP contribution in [0.1, 0.15) is 32.7 Å². The number of carbonyl (C=O) groups is 1. The number of phenolic OH excluding ortho intramolecular Hbond substituents is 1. The number of hydrogen-bond donors (Lipinski definition) is 2. The van der Waals surface area contributed by atoms with Gasteiger partial charge < -0.3 is 5.11 Å². The van der Waals surface area contributed by atoms with E-state index >= 15 is 0 Å². The van der Waals surface area contributed by atoms with E-state index in [9.17, 15) is 20.0 Å². The van der Waals surface area contributed by atoms with Gasteiger partial charge in [0.25, 0.3) is 11.5 Å². The summed E-state index contributed by atoms with van der Waals surface area (Å²) in [5.41, 5.74) is 3.66. The number of nitrogens with one attached hydrogen (secondary N) is 1. The van der Waals surface area contributed by atoms with Gasteiger partial charge >= 0.3 is 0 Å². The summed E-state index contributed by atoms with van der Waals surface area (Å²) >= 11 is 0. The maximum Gasteiger partial charge on any atom is 0.292 e. The van der Waals surface area contributed by atoms with Crippen molar-refractivity contribution < 1.29 is 9.90 Å². The minimum absolute atomic E-state index is 0.0709. The van der Waals surface area contributed by atoms with Crippen molar-refractivity contribution in [2.45, 2.75) is 13.8 Å². The van der Waals surface area contributed by atoms with Crippen LogP contribution < -0.4 is 11.0 Å². The molecule has 0 unspecified atom stereocenters. The minimum atomic E-state index is -0.670. The molecule has 1 heterocycles. The van der Waals surface area contributed by atoms with Crippen molar-refractivity contribution >= 4 is 12.1 Å². The number of nitriles is 1. The number of rotatable bonds is 4. The van der Waals surface area contributed by atoms with Gasteiger partial charge in [0.15, 0.2) is 5.69 Å². The van der Waals surface area contributed by atoms with Gasteiger partial charge in [0, 0.05) is 5.56 Å². The second-order valence-electron chi connectivity index (χ2n) is 6.31. The van der Waals surface area contributed by atoms with Gasteiger partial charge in [-0.05, 0) is 43.7 Å². The second kappa shape index (κ2) is 8.19. The van der Waals surface area contributed by atoms with E-state index in [0.717, 1.165) is 10.2 Å². The molecular formula is C21H17N5O3. The van der Waals surface area contributed by atoms with Crippen LogP contribution in [0.3, 0.4) is 0 Å². The topological polar surface area (TPSA) is 120 Å². The molecule has 0 bridgehead atoms. The van der Waals surface area contributed by atoms with Gasteiger partial charge in [-0.3, -0.25) is 9.59 Å². The lowest BCUT2D eigenvalue weighted by Crippen LogP contribution is -2.31. The van der Waals surface area contributed by atoms with Gasteiger partial charge in [0.2, 0.25) is 0 Å². The average molecular weight is 387 g/mol. The number of aromatic hydroxyl groups is 1. The molecule has 3 aromatic rings. The predicted molar refractivity (Wildman–Crippen MR) is 107 cm³/mol. The molecule has 144 valence electrons. The standard InChI is InChI=1S/C21H17N5O3/c1-13-6-8-16(9-7-13)26-21(29)18(11-22)14(2)19(25-26)20(28)24-23-12-15-4-3-5-17(27)10-15/h3-10,12,27H,1-2H3,(H,24,28)/b23-12+. The fourth-order valence-electron chi connectivity index (χ4n) is 2.64. The van der Waals surface area contributed by atoms with Crippen LogP contribution in [0, 0.1) is 25.2 Å². The summed E-state index contributed by atoms with van der Waals surface area (Å²) in [4.78, 5) is 25.2. The summed E-state index contributed by atoms with van der Waals surface area (Å²) in [5, 5.41) is 26.8. The lowest BCUT2D eigenvalue weighted by Gasteiger charge is -2.10. The van der Waals surface area contributed by atoms with Gasteiger partial charge in [-0.1, -0.05) is 29.8 Å². The SMILES string of the molecule is Cc1ccc(-n2nc(C(=O)N/N=C/c3cccc(O)c3)c(C)c(C#N)c2=O)cc1. The van der Waals surface area contributed by atoms with Crippen molar-refractivity contribution in [1.82, 2.24) is 15.2 Å². The van der Waals surface area contributed by atoms with Crippen LogP contribution in [-0.4, -0.2) is 27.0 Å². The fourth-order valence-corrected chi connectivity index (χ4v) is 2.64. The van der Waals surface area contributed by atoms with Crippen molar-refractivity contribution in [1.29, 1.82) is 5.26 Å². The molecule has 8 heteroatoms. The highest BCUT2D eigenvalue weighted by Gasteiger charge is 2.20. The van der Waals surface area contributed by atoms with E-state index < -0.39 is 11.5 Å². The normalized spacial score (nSPS) is 10.7. The molecule has 3 rings (SSSR count). The molecule has 2 aromatic carbocycles. The zero-order valence-corrected chi connectivity index (χ0v) is 15.7. The van der Waals surface area contributed by atoms with Crippen LogP contribution in [0.15, 0.2) is 58.4 Å². The number of aryl methyl sites for hydroxylation is 1. The quantitative estimate of drug-likeness (QED) is 0.525. The Morgan fingerprint density at radius 2 is 1.97 bits per heavy atom. The predicted octanol–water partition coefficient (Wildman–Crippen LogP) is 2.19. The minimum Gasteiger partial charge on any atom is -0.508 e. The first kappa shape index (κ1) is 19.5. The lowest BCUT2D eigenvalue weighted by molar-refractivity contribution is 0.0947. The monoisotopic (exact) mass is 387 g/mol. The molecule has 1 amide bonds. The first-order valence-electron chi connectivity index (χ1n) is 8.64. The zero-order chi connectivity index (χ0) is 21.0. The van der Waals surface area contributed by atoms with E-state index in [1.54, 1.807) is 36.4 Å². The van der Waals surface area contributed by atoms with E-state index in [-0.39, 0.29) is 22.6 Å². The third-order valence-corrected chi connectivity index (χ3v) is 4.19.